The summed E-state index contributed by atoms with van der Waals surface area (Å²) in [5.74, 6) is 0. The number of nitrogens with zero attached hydrogens (tertiary/aromatic N) is 2. The molecule has 2 heterocycles. The standard InChI is InChI=1S/C13H18ClN3S/c1-8-5-11(18-10(8)3)6-15-7-12-9(2)16-17(4)13(12)14/h5,15H,6-7H2,1-4H3. The van der Waals surface area contributed by atoms with Crippen LogP contribution >= 0.6 is 22.9 Å². The molecule has 18 heavy (non-hydrogen) atoms. The van der Waals surface area contributed by atoms with Gasteiger partial charge in [-0.15, -0.1) is 11.3 Å². The molecule has 2 aromatic heterocycles. The quantitative estimate of drug-likeness (QED) is 0.933. The van der Waals surface area contributed by atoms with Crippen molar-refractivity contribution in [2.24, 2.45) is 7.05 Å². The van der Waals surface area contributed by atoms with Crippen molar-refractivity contribution < 1.29 is 0 Å². The lowest BCUT2D eigenvalue weighted by atomic mass is 10.2. The molecule has 0 saturated carbocycles. The van der Waals surface area contributed by atoms with E-state index >= 15 is 0 Å². The van der Waals surface area contributed by atoms with Crippen LogP contribution in [0.15, 0.2) is 6.07 Å². The minimum Gasteiger partial charge on any atom is -0.308 e. The second-order valence-electron chi connectivity index (χ2n) is 4.53. The van der Waals surface area contributed by atoms with Gasteiger partial charge in [0.1, 0.15) is 5.15 Å². The van der Waals surface area contributed by atoms with Crippen molar-refractivity contribution >= 4 is 22.9 Å². The van der Waals surface area contributed by atoms with Crippen molar-refractivity contribution in [3.05, 3.63) is 37.8 Å². The van der Waals surface area contributed by atoms with Crippen LogP contribution in [0.4, 0.5) is 0 Å². The van der Waals surface area contributed by atoms with E-state index in [-0.39, 0.29) is 0 Å². The molecule has 0 amide bonds. The van der Waals surface area contributed by atoms with Crippen LogP contribution in [0.2, 0.25) is 5.15 Å². The van der Waals surface area contributed by atoms with E-state index in [0.29, 0.717) is 0 Å². The molecule has 0 spiro atoms. The second kappa shape index (κ2) is 5.43. The normalized spacial score (nSPS) is 11.2. The summed E-state index contributed by atoms with van der Waals surface area (Å²) in [5, 5.41) is 8.45. The maximum absolute atomic E-state index is 6.19. The average molecular weight is 284 g/mol. The van der Waals surface area contributed by atoms with Crippen LogP contribution in [-0.4, -0.2) is 9.78 Å². The van der Waals surface area contributed by atoms with E-state index < -0.39 is 0 Å². The second-order valence-corrected chi connectivity index (χ2v) is 6.23. The lowest BCUT2D eigenvalue weighted by Gasteiger charge is -2.03. The van der Waals surface area contributed by atoms with Crippen molar-refractivity contribution in [3.8, 4) is 0 Å². The van der Waals surface area contributed by atoms with Crippen LogP contribution < -0.4 is 5.32 Å². The Hall–Kier alpha value is -0.840. The molecule has 0 bridgehead atoms. The van der Waals surface area contributed by atoms with Gasteiger partial charge >= 0.3 is 0 Å². The summed E-state index contributed by atoms with van der Waals surface area (Å²) in [6, 6.07) is 2.24. The average Bonchev–Trinajstić information content (AvgIpc) is 2.73. The summed E-state index contributed by atoms with van der Waals surface area (Å²) in [5.41, 5.74) is 3.45. The topological polar surface area (TPSA) is 29.9 Å². The molecule has 0 saturated heterocycles. The van der Waals surface area contributed by atoms with Crippen molar-refractivity contribution in [2.45, 2.75) is 33.9 Å². The van der Waals surface area contributed by atoms with Gasteiger partial charge in [0.2, 0.25) is 0 Å². The SMILES string of the molecule is Cc1cc(CNCc2c(C)nn(C)c2Cl)sc1C. The van der Waals surface area contributed by atoms with E-state index in [1.165, 1.54) is 15.3 Å². The lowest BCUT2D eigenvalue weighted by Crippen LogP contribution is -2.12. The highest BCUT2D eigenvalue weighted by atomic mass is 35.5. The minimum absolute atomic E-state index is 0.721. The molecule has 2 aromatic rings. The number of hydrogen-bond donors (Lipinski definition) is 1. The first-order valence-corrected chi connectivity index (χ1v) is 7.13. The number of aromatic nitrogens is 2. The lowest BCUT2D eigenvalue weighted by molar-refractivity contribution is 0.697. The molecule has 0 fully saturated rings. The number of rotatable bonds is 4. The molecule has 98 valence electrons. The highest BCUT2D eigenvalue weighted by molar-refractivity contribution is 7.12. The van der Waals surface area contributed by atoms with E-state index in [2.05, 4.69) is 30.3 Å². The molecule has 2 rings (SSSR count). The first kappa shape index (κ1) is 13.6. The number of hydrogen-bond acceptors (Lipinski definition) is 3. The smallest absolute Gasteiger partial charge is 0.131 e. The summed E-state index contributed by atoms with van der Waals surface area (Å²) in [6.07, 6.45) is 0. The fourth-order valence-corrected chi connectivity index (χ4v) is 3.19. The molecule has 1 N–H and O–H groups in total. The largest absolute Gasteiger partial charge is 0.308 e. The van der Waals surface area contributed by atoms with Crippen LogP contribution in [0, 0.1) is 20.8 Å². The number of thiophene rings is 1. The monoisotopic (exact) mass is 283 g/mol. The molecule has 0 aliphatic heterocycles. The Kier molecular flexibility index (Phi) is 4.10. The highest BCUT2D eigenvalue weighted by Crippen LogP contribution is 2.21. The predicted octanol–water partition coefficient (Wildman–Crippen LogP) is 3.35. The van der Waals surface area contributed by atoms with Crippen molar-refractivity contribution in [2.75, 3.05) is 0 Å². The van der Waals surface area contributed by atoms with Crippen molar-refractivity contribution in [1.82, 2.24) is 15.1 Å². The third kappa shape index (κ3) is 2.76. The van der Waals surface area contributed by atoms with Gasteiger partial charge in [0.15, 0.2) is 0 Å². The molecule has 0 aliphatic carbocycles. The predicted molar refractivity (Wildman–Crippen MR) is 77.3 cm³/mol. The van der Waals surface area contributed by atoms with Crippen molar-refractivity contribution in [1.29, 1.82) is 0 Å². The molecule has 3 nitrogen and oxygen atoms in total. The van der Waals surface area contributed by atoms with E-state index in [4.69, 9.17) is 11.6 Å². The Bertz CT molecular complexity index is 537. The van der Waals surface area contributed by atoms with Gasteiger partial charge in [-0.1, -0.05) is 11.6 Å². The molecule has 0 radical (unpaired) electrons. The van der Waals surface area contributed by atoms with Crippen molar-refractivity contribution in [3.63, 3.8) is 0 Å². The van der Waals surface area contributed by atoms with E-state index in [0.717, 1.165) is 29.5 Å². The molecular weight excluding hydrogens is 266 g/mol. The van der Waals surface area contributed by atoms with Gasteiger partial charge in [0.05, 0.1) is 5.69 Å². The maximum Gasteiger partial charge on any atom is 0.131 e. The van der Waals surface area contributed by atoms with Gasteiger partial charge in [0, 0.05) is 35.5 Å². The summed E-state index contributed by atoms with van der Waals surface area (Å²) in [7, 11) is 1.87. The summed E-state index contributed by atoms with van der Waals surface area (Å²) in [6.45, 7) is 7.93. The molecule has 5 heteroatoms. The molecule has 0 atom stereocenters. The Morgan fingerprint density at radius 1 is 1.33 bits per heavy atom. The first-order chi connectivity index (χ1) is 8.49. The fourth-order valence-electron chi connectivity index (χ4n) is 1.92. The third-order valence-electron chi connectivity index (χ3n) is 3.09. The van der Waals surface area contributed by atoms with Gasteiger partial charge in [-0.25, -0.2) is 0 Å². The zero-order valence-corrected chi connectivity index (χ0v) is 12.7. The Labute approximate surface area is 117 Å². The Morgan fingerprint density at radius 2 is 2.06 bits per heavy atom. The van der Waals surface area contributed by atoms with Gasteiger partial charge in [0.25, 0.3) is 0 Å². The summed E-state index contributed by atoms with van der Waals surface area (Å²) >= 11 is 8.03. The van der Waals surface area contributed by atoms with E-state index in [1.807, 2.05) is 25.3 Å². The van der Waals surface area contributed by atoms with Crippen LogP contribution in [0.1, 0.15) is 26.6 Å². The van der Waals surface area contributed by atoms with Crippen LogP contribution in [-0.2, 0) is 20.1 Å². The molecular formula is C13H18ClN3S. The number of halogens is 1. The van der Waals surface area contributed by atoms with E-state index in [1.54, 1.807) is 4.68 Å². The highest BCUT2D eigenvalue weighted by Gasteiger charge is 2.10. The minimum atomic E-state index is 0.721. The molecule has 0 aliphatic rings. The zero-order valence-electron chi connectivity index (χ0n) is 11.2. The Balaban J connectivity index is 1.96. The number of nitrogens with one attached hydrogen (secondary N) is 1. The first-order valence-electron chi connectivity index (χ1n) is 5.93. The van der Waals surface area contributed by atoms with Crippen LogP contribution in [0.25, 0.3) is 0 Å². The van der Waals surface area contributed by atoms with Gasteiger partial charge < -0.3 is 5.32 Å². The maximum atomic E-state index is 6.19. The van der Waals surface area contributed by atoms with Crippen LogP contribution in [0.3, 0.4) is 0 Å². The number of aryl methyl sites for hydroxylation is 4. The molecule has 0 unspecified atom stereocenters. The summed E-state index contributed by atoms with van der Waals surface area (Å²) < 4.78 is 1.72. The fraction of sp³-hybridized carbons (Fsp3) is 0.462. The Morgan fingerprint density at radius 3 is 2.56 bits per heavy atom. The third-order valence-corrected chi connectivity index (χ3v) is 4.71. The van der Waals surface area contributed by atoms with E-state index in [9.17, 15) is 0 Å². The van der Waals surface area contributed by atoms with Gasteiger partial charge in [-0.3, -0.25) is 4.68 Å². The molecule has 0 aromatic carbocycles. The van der Waals surface area contributed by atoms with Gasteiger partial charge in [-0.2, -0.15) is 5.10 Å². The van der Waals surface area contributed by atoms with Gasteiger partial charge in [-0.05, 0) is 32.4 Å². The zero-order chi connectivity index (χ0) is 13.3. The summed E-state index contributed by atoms with van der Waals surface area (Å²) in [4.78, 5) is 2.75. The van der Waals surface area contributed by atoms with Crippen LogP contribution in [0.5, 0.6) is 0 Å².